The van der Waals surface area contributed by atoms with Crippen LogP contribution in [0.2, 0.25) is 10.0 Å². The molecule has 2 saturated heterocycles. The van der Waals surface area contributed by atoms with Gasteiger partial charge in [0, 0.05) is 42.0 Å². The lowest BCUT2D eigenvalue weighted by molar-refractivity contribution is -0.168. The van der Waals surface area contributed by atoms with Crippen LogP contribution in [0.1, 0.15) is 40.2 Å². The molecule has 222 valence electrons. The fraction of sp³-hybridized carbons (Fsp3) is 0.481. The largest absolute Gasteiger partial charge is 0.335 e. The number of piperazine rings is 1. The Morgan fingerprint density at radius 2 is 1.73 bits per heavy atom. The van der Waals surface area contributed by atoms with Crippen LogP contribution in [-0.4, -0.2) is 88.3 Å². The predicted octanol–water partition coefficient (Wildman–Crippen LogP) is 2.88. The third-order valence-electron chi connectivity index (χ3n) is 6.91. The quantitative estimate of drug-likeness (QED) is 0.508. The van der Waals surface area contributed by atoms with Gasteiger partial charge in [-0.05, 0) is 70.5 Å². The molecule has 0 radical (unpaired) electrons. The molecule has 2 aliphatic rings. The molecule has 2 N–H and O–H groups in total. The van der Waals surface area contributed by atoms with Gasteiger partial charge in [0.25, 0.3) is 0 Å². The number of nitrogens with one attached hydrogen (secondary N) is 2. The second-order valence-corrected chi connectivity index (χ2v) is 14.1. The molecule has 2 aromatic rings. The first-order valence-corrected chi connectivity index (χ1v) is 15.4. The van der Waals surface area contributed by atoms with Gasteiger partial charge in [-0.2, -0.15) is 4.31 Å². The molecule has 1 aromatic carbocycles. The van der Waals surface area contributed by atoms with Gasteiger partial charge in [-0.15, -0.1) is 0 Å². The molecule has 1 aromatic heterocycles. The molecule has 3 unspecified atom stereocenters. The molecule has 0 spiro atoms. The number of hydrogen-bond acceptors (Lipinski definition) is 6. The Balaban J connectivity index is 1.83. The number of amides is 4. The third-order valence-corrected chi connectivity index (χ3v) is 9.49. The van der Waals surface area contributed by atoms with Crippen LogP contribution >= 0.6 is 23.2 Å². The fourth-order valence-corrected chi connectivity index (χ4v) is 7.40. The molecular weight excluding hydrogens is 591 g/mol. The van der Waals surface area contributed by atoms with Crippen molar-refractivity contribution in [3.8, 4) is 0 Å². The number of sulfonamides is 1. The molecule has 0 aliphatic carbocycles. The fourth-order valence-electron chi connectivity index (χ4n) is 5.07. The van der Waals surface area contributed by atoms with Crippen LogP contribution in [0.25, 0.3) is 0 Å². The van der Waals surface area contributed by atoms with E-state index in [0.717, 1.165) is 9.87 Å². The van der Waals surface area contributed by atoms with Crippen molar-refractivity contribution < 1.29 is 22.8 Å². The van der Waals surface area contributed by atoms with Crippen molar-refractivity contribution in [2.45, 2.75) is 75.8 Å². The molecule has 41 heavy (non-hydrogen) atoms. The number of halogens is 2. The number of hydrogen-bond donors (Lipinski definition) is 2. The second-order valence-electron chi connectivity index (χ2n) is 11.4. The van der Waals surface area contributed by atoms with E-state index < -0.39 is 45.7 Å². The van der Waals surface area contributed by atoms with Gasteiger partial charge in [0.05, 0.1) is 11.6 Å². The van der Waals surface area contributed by atoms with Crippen molar-refractivity contribution in [1.29, 1.82) is 0 Å². The van der Waals surface area contributed by atoms with Crippen LogP contribution in [0.4, 0.5) is 4.79 Å². The number of aromatic nitrogens is 1. The summed E-state index contributed by atoms with van der Waals surface area (Å²) in [6.45, 7) is 8.58. The molecule has 2 fully saturated rings. The summed E-state index contributed by atoms with van der Waals surface area (Å²) < 4.78 is 29.5. The van der Waals surface area contributed by atoms with E-state index in [1.165, 1.54) is 23.1 Å². The molecular formula is C27H34Cl2N6O5S. The highest BCUT2D eigenvalue weighted by atomic mass is 35.5. The van der Waals surface area contributed by atoms with E-state index in [2.05, 4.69) is 15.6 Å². The lowest BCUT2D eigenvalue weighted by atomic mass is 9.97. The minimum Gasteiger partial charge on any atom is -0.335 e. The summed E-state index contributed by atoms with van der Waals surface area (Å²) in [6.07, 6.45) is 2.25. The van der Waals surface area contributed by atoms with E-state index in [1.54, 1.807) is 50.2 Å². The van der Waals surface area contributed by atoms with Gasteiger partial charge < -0.3 is 20.4 Å². The SMILES string of the molecule is CC(C)N1CC2N(C(=O)C(NC(=O)NC(C)(C)C)CN2S(=O)(=O)c2ccc(Cl)cc2Cl)C(Cc2ccncc2)C1=O. The highest BCUT2D eigenvalue weighted by Crippen LogP contribution is 2.35. The number of urea groups is 1. The summed E-state index contributed by atoms with van der Waals surface area (Å²) in [5.74, 6) is -0.869. The average molecular weight is 626 g/mol. The molecule has 14 heteroatoms. The highest BCUT2D eigenvalue weighted by Gasteiger charge is 2.54. The second kappa shape index (κ2) is 11.7. The first-order chi connectivity index (χ1) is 19.1. The van der Waals surface area contributed by atoms with E-state index in [9.17, 15) is 22.8 Å². The molecule has 3 heterocycles. The lowest BCUT2D eigenvalue weighted by Crippen LogP contribution is -2.76. The van der Waals surface area contributed by atoms with E-state index >= 15 is 0 Å². The van der Waals surface area contributed by atoms with Gasteiger partial charge in [-0.1, -0.05) is 23.2 Å². The van der Waals surface area contributed by atoms with Crippen molar-refractivity contribution in [3.63, 3.8) is 0 Å². The first-order valence-electron chi connectivity index (χ1n) is 13.2. The molecule has 3 atom stereocenters. The van der Waals surface area contributed by atoms with Gasteiger partial charge in [-0.25, -0.2) is 13.2 Å². The smallest absolute Gasteiger partial charge is 0.315 e. The van der Waals surface area contributed by atoms with Crippen molar-refractivity contribution in [2.75, 3.05) is 13.1 Å². The van der Waals surface area contributed by atoms with E-state index in [-0.39, 0.29) is 46.4 Å². The Kier molecular flexibility index (Phi) is 8.89. The number of rotatable bonds is 6. The van der Waals surface area contributed by atoms with E-state index in [1.807, 2.05) is 13.8 Å². The maximum Gasteiger partial charge on any atom is 0.315 e. The molecule has 4 amide bonds. The van der Waals surface area contributed by atoms with Crippen LogP contribution < -0.4 is 10.6 Å². The van der Waals surface area contributed by atoms with Crippen molar-refractivity contribution in [2.24, 2.45) is 0 Å². The average Bonchev–Trinajstić information content (AvgIpc) is 2.86. The number of nitrogens with zero attached hydrogens (tertiary/aromatic N) is 4. The zero-order valence-electron chi connectivity index (χ0n) is 23.5. The monoisotopic (exact) mass is 624 g/mol. The van der Waals surface area contributed by atoms with Crippen molar-refractivity contribution >= 4 is 51.1 Å². The summed E-state index contributed by atoms with van der Waals surface area (Å²) in [6, 6.07) is 4.30. The highest BCUT2D eigenvalue weighted by molar-refractivity contribution is 7.89. The van der Waals surface area contributed by atoms with Gasteiger partial charge in [0.15, 0.2) is 0 Å². The van der Waals surface area contributed by atoms with Gasteiger partial charge in [0.1, 0.15) is 23.1 Å². The minimum atomic E-state index is -4.34. The summed E-state index contributed by atoms with van der Waals surface area (Å²) in [5.41, 5.74) is 0.126. The number of benzene rings is 1. The number of carbonyl (C=O) groups is 3. The Hall–Kier alpha value is -2.93. The van der Waals surface area contributed by atoms with Crippen molar-refractivity contribution in [1.82, 2.24) is 29.7 Å². The maximum absolute atomic E-state index is 14.2. The van der Waals surface area contributed by atoms with Crippen LogP contribution in [-0.2, 0) is 26.0 Å². The summed E-state index contributed by atoms with van der Waals surface area (Å²) >= 11 is 12.4. The van der Waals surface area contributed by atoms with E-state index in [4.69, 9.17) is 23.2 Å². The number of carbonyl (C=O) groups excluding carboxylic acids is 3. The molecule has 4 rings (SSSR count). The summed E-state index contributed by atoms with van der Waals surface area (Å²) in [4.78, 5) is 47.4. The van der Waals surface area contributed by atoms with Gasteiger partial charge in [0.2, 0.25) is 21.8 Å². The lowest BCUT2D eigenvalue weighted by Gasteiger charge is -2.54. The van der Waals surface area contributed by atoms with Crippen molar-refractivity contribution in [3.05, 3.63) is 58.3 Å². The number of fused-ring (bicyclic) bond motifs is 1. The Morgan fingerprint density at radius 3 is 2.32 bits per heavy atom. The predicted molar refractivity (Wildman–Crippen MR) is 155 cm³/mol. The summed E-state index contributed by atoms with van der Waals surface area (Å²) in [5, 5.41) is 5.54. The molecule has 0 bridgehead atoms. The maximum atomic E-state index is 14.2. The normalized spacial score (nSPS) is 22.1. The van der Waals surface area contributed by atoms with Crippen LogP contribution in [0.15, 0.2) is 47.6 Å². The number of pyridine rings is 1. The van der Waals surface area contributed by atoms with Crippen LogP contribution in [0.5, 0.6) is 0 Å². The zero-order chi connectivity index (χ0) is 30.3. The Bertz CT molecular complexity index is 1430. The van der Waals surface area contributed by atoms with Crippen LogP contribution in [0.3, 0.4) is 0 Å². The van der Waals surface area contributed by atoms with Crippen LogP contribution in [0, 0.1) is 0 Å². The van der Waals surface area contributed by atoms with E-state index in [0.29, 0.717) is 0 Å². The Morgan fingerprint density at radius 1 is 1.07 bits per heavy atom. The summed E-state index contributed by atoms with van der Waals surface area (Å²) in [7, 11) is -4.34. The first kappa shape index (κ1) is 31.0. The topological polar surface area (TPSA) is 132 Å². The molecule has 2 aliphatic heterocycles. The molecule has 0 saturated carbocycles. The standard InChI is InChI=1S/C27H34Cl2N6O5S/c1-16(2)33-15-23-34(41(39,40)22-7-6-18(28)13-19(22)29)14-20(31-26(38)32-27(3,4)5)24(36)35(23)21(25(33)37)12-17-8-10-30-11-9-17/h6-11,13,16,20-21,23H,12,14-15H2,1-5H3,(H2,31,32,38). The van der Waals surface area contributed by atoms with Gasteiger partial charge in [-0.3, -0.25) is 14.6 Å². The molecule has 11 nitrogen and oxygen atoms in total. The minimum absolute atomic E-state index is 0.0551. The van der Waals surface area contributed by atoms with Gasteiger partial charge >= 0.3 is 6.03 Å². The Labute approximate surface area is 250 Å². The third kappa shape index (κ3) is 6.61. The zero-order valence-corrected chi connectivity index (χ0v) is 25.8.